The Kier molecular flexibility index (Phi) is 6.65. The molecule has 2 amide bonds. The summed E-state index contributed by atoms with van der Waals surface area (Å²) in [6.07, 6.45) is -1.12. The number of carbonyl (C=O) groups is 3. The molecule has 2 fully saturated rings. The normalized spacial score (nSPS) is 25.2. The molecule has 11 nitrogen and oxygen atoms in total. The minimum absolute atomic E-state index is 0.0509. The van der Waals surface area contributed by atoms with Crippen molar-refractivity contribution in [2.24, 2.45) is 0 Å². The summed E-state index contributed by atoms with van der Waals surface area (Å²) in [5.41, 5.74) is 0.430. The number of nitrogens with zero attached hydrogens (tertiary/aromatic N) is 2. The number of ether oxygens (including phenoxy) is 2. The van der Waals surface area contributed by atoms with Crippen LogP contribution in [0.3, 0.4) is 0 Å². The maximum absolute atomic E-state index is 13.3. The molecule has 35 heavy (non-hydrogen) atoms. The van der Waals surface area contributed by atoms with Gasteiger partial charge in [0.1, 0.15) is 17.7 Å². The van der Waals surface area contributed by atoms with Crippen molar-refractivity contribution in [1.29, 1.82) is 0 Å². The first-order chi connectivity index (χ1) is 16.7. The highest BCUT2D eigenvalue weighted by atomic mass is 32.2. The number of β-lactam (4-membered cyclic amide) rings is 1. The molecule has 0 bridgehead atoms. The molecule has 4 rings (SSSR count). The number of hydrogen-bond acceptors (Lipinski definition) is 8. The van der Waals surface area contributed by atoms with E-state index in [1.165, 1.54) is 31.2 Å². The number of esters is 1. The highest BCUT2D eigenvalue weighted by Crippen LogP contribution is 2.39. The molecule has 2 saturated heterocycles. The molecule has 0 spiro atoms. The molecular weight excluding hydrogens is 478 g/mol. The summed E-state index contributed by atoms with van der Waals surface area (Å²) in [4.78, 5) is 49.2. The smallest absolute Gasteiger partial charge is 0.333 e. The van der Waals surface area contributed by atoms with Crippen molar-refractivity contribution >= 4 is 34.3 Å². The summed E-state index contributed by atoms with van der Waals surface area (Å²) in [7, 11) is -1.85. The number of non-ortho nitro benzene ring substituents is 1. The lowest BCUT2D eigenvalue weighted by molar-refractivity contribution is -0.384. The van der Waals surface area contributed by atoms with Gasteiger partial charge in [-0.25, -0.2) is 4.79 Å². The van der Waals surface area contributed by atoms with E-state index in [2.05, 4.69) is 11.9 Å². The lowest BCUT2D eigenvalue weighted by atomic mass is 9.99. The molecule has 182 valence electrons. The molecule has 1 N–H and O–H groups in total. The first-order valence-electron chi connectivity index (χ1n) is 10.5. The summed E-state index contributed by atoms with van der Waals surface area (Å²) < 4.78 is 24.4. The van der Waals surface area contributed by atoms with Crippen LogP contribution in [0.1, 0.15) is 12.5 Å². The van der Waals surface area contributed by atoms with Gasteiger partial charge in [0.25, 0.3) is 11.6 Å². The number of hydrogen-bond donors (Lipinski definition) is 1. The number of carbonyl (C=O) groups excluding carboxylic acids is 3. The van der Waals surface area contributed by atoms with Crippen molar-refractivity contribution in [3.8, 4) is 5.75 Å². The van der Waals surface area contributed by atoms with E-state index in [4.69, 9.17) is 9.47 Å². The number of nitro groups is 1. The number of amides is 2. The second kappa shape index (κ2) is 9.66. The number of nitrogens with one attached hydrogen (secondary N) is 1. The standard InChI is InChI=1S/C23H21N3O8S/c1-13-18(23(29)33-12-15-8-10-16(11-9-15)26(30)31)25-21(28)19(34-17-6-4-3-5-7-17)22(25)35(32)20(13)24-14(2)27/h3-11,18-20,22H,1,12H2,2H3,(H,24,27)/t18?,19?,20?,22-,35?/m1/s1. The number of nitro benzene ring substituents is 1. The summed E-state index contributed by atoms with van der Waals surface area (Å²) in [5, 5.41) is 11.2. The lowest BCUT2D eigenvalue weighted by Crippen LogP contribution is -2.77. The zero-order chi connectivity index (χ0) is 25.3. The molecular formula is C23H21N3O8S. The van der Waals surface area contributed by atoms with Gasteiger partial charge >= 0.3 is 5.97 Å². The average molecular weight is 500 g/mol. The maximum atomic E-state index is 13.3. The summed E-state index contributed by atoms with van der Waals surface area (Å²) in [5.74, 6) is -1.49. The third-order valence-electron chi connectivity index (χ3n) is 5.56. The molecule has 12 heteroatoms. The van der Waals surface area contributed by atoms with Gasteiger partial charge in [-0.05, 0) is 35.4 Å². The van der Waals surface area contributed by atoms with E-state index in [-0.39, 0.29) is 17.9 Å². The van der Waals surface area contributed by atoms with Crippen molar-refractivity contribution in [3.05, 3.63) is 82.4 Å². The number of rotatable bonds is 7. The zero-order valence-electron chi connectivity index (χ0n) is 18.5. The van der Waals surface area contributed by atoms with E-state index in [1.807, 2.05) is 0 Å². The maximum Gasteiger partial charge on any atom is 0.333 e. The van der Waals surface area contributed by atoms with Gasteiger partial charge in [0.05, 0.1) is 15.7 Å². The third-order valence-corrected chi connectivity index (χ3v) is 7.40. The molecule has 2 aliphatic rings. The van der Waals surface area contributed by atoms with Crippen molar-refractivity contribution in [2.75, 3.05) is 0 Å². The number of benzene rings is 2. The van der Waals surface area contributed by atoms with E-state index in [0.717, 1.165) is 4.90 Å². The van der Waals surface area contributed by atoms with Crippen LogP contribution in [0.2, 0.25) is 0 Å². The average Bonchev–Trinajstić information content (AvgIpc) is 2.84. The van der Waals surface area contributed by atoms with Gasteiger partial charge in [0.2, 0.25) is 12.0 Å². The Morgan fingerprint density at radius 1 is 1.17 bits per heavy atom. The first-order valence-corrected chi connectivity index (χ1v) is 11.8. The topological polar surface area (TPSA) is 145 Å². The molecule has 0 radical (unpaired) electrons. The van der Waals surface area contributed by atoms with E-state index in [1.54, 1.807) is 30.3 Å². The van der Waals surface area contributed by atoms with Gasteiger partial charge in [-0.15, -0.1) is 0 Å². The molecule has 5 atom stereocenters. The Morgan fingerprint density at radius 2 is 1.83 bits per heavy atom. The molecule has 2 aliphatic heterocycles. The predicted octanol–water partition coefficient (Wildman–Crippen LogP) is 1.40. The zero-order valence-corrected chi connectivity index (χ0v) is 19.3. The van der Waals surface area contributed by atoms with Crippen LogP contribution in [0.4, 0.5) is 5.69 Å². The van der Waals surface area contributed by atoms with E-state index < -0.39 is 56.4 Å². The van der Waals surface area contributed by atoms with E-state index in [0.29, 0.717) is 11.3 Å². The lowest BCUT2D eigenvalue weighted by Gasteiger charge is -2.53. The Hall–Kier alpha value is -4.06. The quantitative estimate of drug-likeness (QED) is 0.198. The summed E-state index contributed by atoms with van der Waals surface area (Å²) in [6, 6.07) is 12.6. The first kappa shape index (κ1) is 24.1. The number of fused-ring (bicyclic) bond motifs is 1. The van der Waals surface area contributed by atoms with Gasteiger partial charge < -0.3 is 19.7 Å². The van der Waals surface area contributed by atoms with Crippen LogP contribution in [-0.4, -0.2) is 54.7 Å². The highest BCUT2D eigenvalue weighted by molar-refractivity contribution is 7.86. The van der Waals surface area contributed by atoms with Crippen LogP contribution in [0.15, 0.2) is 66.7 Å². The van der Waals surface area contributed by atoms with E-state index >= 15 is 0 Å². The molecule has 0 saturated carbocycles. The largest absolute Gasteiger partial charge is 0.477 e. The second-order valence-electron chi connectivity index (χ2n) is 7.91. The number of para-hydroxylation sites is 1. The van der Waals surface area contributed by atoms with Crippen molar-refractivity contribution in [2.45, 2.75) is 36.4 Å². The van der Waals surface area contributed by atoms with Crippen LogP contribution >= 0.6 is 0 Å². The molecule has 2 aromatic rings. The monoisotopic (exact) mass is 499 g/mol. The Labute approximate surface area is 202 Å². The summed E-state index contributed by atoms with van der Waals surface area (Å²) in [6.45, 7) is 4.85. The minimum Gasteiger partial charge on any atom is -0.477 e. The van der Waals surface area contributed by atoms with Gasteiger partial charge in [-0.3, -0.25) is 23.9 Å². The van der Waals surface area contributed by atoms with Gasteiger partial charge in [0, 0.05) is 19.1 Å². The highest BCUT2D eigenvalue weighted by Gasteiger charge is 2.63. The Balaban J connectivity index is 1.55. The van der Waals surface area contributed by atoms with Crippen LogP contribution in [0.5, 0.6) is 5.75 Å². The van der Waals surface area contributed by atoms with Crippen molar-refractivity contribution in [1.82, 2.24) is 10.2 Å². The third kappa shape index (κ3) is 4.64. The fourth-order valence-corrected chi connectivity index (χ4v) is 5.73. The van der Waals surface area contributed by atoms with Crippen molar-refractivity contribution in [3.63, 3.8) is 0 Å². The molecule has 0 aliphatic carbocycles. The SMILES string of the molecule is C=C1C(C(=O)OCc2ccc([N+](=O)[O-])cc2)N2C(=O)C(Oc3ccccc3)[C@H]2S(=O)C1NC(C)=O. The molecule has 4 unspecified atom stereocenters. The van der Waals surface area contributed by atoms with Crippen LogP contribution in [-0.2, 0) is 36.5 Å². The van der Waals surface area contributed by atoms with Crippen LogP contribution in [0.25, 0.3) is 0 Å². The second-order valence-corrected chi connectivity index (χ2v) is 9.52. The van der Waals surface area contributed by atoms with E-state index in [9.17, 15) is 28.7 Å². The Morgan fingerprint density at radius 3 is 2.43 bits per heavy atom. The minimum atomic E-state index is -1.85. The fraction of sp³-hybridized carbons (Fsp3) is 0.261. The van der Waals surface area contributed by atoms with Gasteiger partial charge in [-0.2, -0.15) is 0 Å². The molecule has 2 aromatic carbocycles. The Bertz CT molecular complexity index is 1220. The van der Waals surface area contributed by atoms with Crippen LogP contribution in [0, 0.1) is 10.1 Å². The predicted molar refractivity (Wildman–Crippen MR) is 123 cm³/mol. The van der Waals surface area contributed by atoms with Gasteiger partial charge in [-0.1, -0.05) is 24.8 Å². The molecule has 2 heterocycles. The summed E-state index contributed by atoms with van der Waals surface area (Å²) >= 11 is 0. The van der Waals surface area contributed by atoms with Crippen molar-refractivity contribution < 1.29 is 33.0 Å². The molecule has 0 aromatic heterocycles. The van der Waals surface area contributed by atoms with Crippen LogP contribution < -0.4 is 10.1 Å². The van der Waals surface area contributed by atoms with Gasteiger partial charge in [0.15, 0.2) is 11.4 Å². The fourth-order valence-electron chi connectivity index (χ4n) is 3.88.